The highest BCUT2D eigenvalue weighted by molar-refractivity contribution is 6.30. The number of hydrogen-bond donors (Lipinski definition) is 0. The lowest BCUT2D eigenvalue weighted by molar-refractivity contribution is 0.567. The van der Waals surface area contributed by atoms with Crippen LogP contribution in [-0.4, -0.2) is 5.94 Å². The minimum atomic E-state index is 0.326. The largest absolute Gasteiger partial charge is 0.236 e. The number of fused-ring (bicyclic) bond motifs is 1. The average molecular weight is 178 g/mol. The zero-order valence-electron chi connectivity index (χ0n) is 6.04. The molecule has 1 aliphatic rings. The molecule has 1 aromatic rings. The second-order valence-corrected chi connectivity index (χ2v) is 2.88. The first-order chi connectivity index (χ1) is 5.79. The Labute approximate surface area is 73.5 Å². The van der Waals surface area contributed by atoms with E-state index < -0.39 is 0 Å². The third kappa shape index (κ3) is 1.07. The van der Waals surface area contributed by atoms with Crippen molar-refractivity contribution < 1.29 is 4.79 Å². The summed E-state index contributed by atoms with van der Waals surface area (Å²) >= 11 is 5.73. The molecule has 12 heavy (non-hydrogen) atoms. The Morgan fingerprint density at radius 3 is 3.00 bits per heavy atom. The maximum Gasteiger partial charge on any atom is 0.152 e. The first kappa shape index (κ1) is 7.29. The van der Waals surface area contributed by atoms with E-state index >= 15 is 0 Å². The van der Waals surface area contributed by atoms with Crippen LogP contribution in [-0.2, 0) is 4.79 Å². The smallest absolute Gasteiger partial charge is 0.152 e. The van der Waals surface area contributed by atoms with Gasteiger partial charge in [-0.1, -0.05) is 17.7 Å². The Bertz CT molecular complexity index is 498. The number of nitrogens with zero attached hydrogens (tertiary/aromatic N) is 1. The van der Waals surface area contributed by atoms with Crippen molar-refractivity contribution in [2.75, 3.05) is 0 Å². The SMILES string of the molecule is O=C=C1C=c2ccc(Cl)cc2=N1. The van der Waals surface area contributed by atoms with Gasteiger partial charge in [-0.15, -0.1) is 0 Å². The fraction of sp³-hybridized carbons (Fsp3) is 0. The molecule has 0 spiro atoms. The molecular formula is C9H4ClNO. The molecule has 0 radical (unpaired) electrons. The second-order valence-electron chi connectivity index (χ2n) is 2.45. The third-order valence-corrected chi connectivity index (χ3v) is 1.87. The molecule has 0 N–H and O–H groups in total. The van der Waals surface area contributed by atoms with Crippen LogP contribution >= 0.6 is 11.6 Å². The minimum absolute atomic E-state index is 0.326. The van der Waals surface area contributed by atoms with Crippen LogP contribution in [0.5, 0.6) is 0 Å². The normalized spacial score (nSPS) is 12.9. The van der Waals surface area contributed by atoms with Crippen LogP contribution < -0.4 is 10.6 Å². The van der Waals surface area contributed by atoms with E-state index in [1.165, 1.54) is 0 Å². The van der Waals surface area contributed by atoms with E-state index in [0.717, 1.165) is 10.6 Å². The lowest BCUT2D eigenvalue weighted by Crippen LogP contribution is -2.20. The van der Waals surface area contributed by atoms with E-state index in [1.54, 1.807) is 24.2 Å². The van der Waals surface area contributed by atoms with Gasteiger partial charge in [-0.3, -0.25) is 0 Å². The van der Waals surface area contributed by atoms with Crippen molar-refractivity contribution >= 4 is 23.6 Å². The van der Waals surface area contributed by atoms with Crippen molar-refractivity contribution in [3.05, 3.63) is 39.5 Å². The number of benzene rings is 1. The molecule has 2 rings (SSSR count). The van der Waals surface area contributed by atoms with E-state index in [0.29, 0.717) is 10.7 Å². The predicted molar refractivity (Wildman–Crippen MR) is 45.9 cm³/mol. The van der Waals surface area contributed by atoms with Crippen molar-refractivity contribution in [3.8, 4) is 0 Å². The molecule has 0 amide bonds. The van der Waals surface area contributed by atoms with Gasteiger partial charge >= 0.3 is 0 Å². The highest BCUT2D eigenvalue weighted by atomic mass is 35.5. The van der Waals surface area contributed by atoms with Crippen molar-refractivity contribution in [2.45, 2.75) is 0 Å². The van der Waals surface area contributed by atoms with Gasteiger partial charge in [-0.2, -0.15) is 0 Å². The molecule has 3 heteroatoms. The maximum atomic E-state index is 10.2. The molecule has 0 saturated heterocycles. The summed E-state index contributed by atoms with van der Waals surface area (Å²) < 4.78 is 0. The van der Waals surface area contributed by atoms with E-state index in [-0.39, 0.29) is 0 Å². The molecule has 2 nitrogen and oxygen atoms in total. The molecule has 0 unspecified atom stereocenters. The van der Waals surface area contributed by atoms with Crippen molar-refractivity contribution in [1.82, 2.24) is 0 Å². The number of rotatable bonds is 0. The molecule has 0 aromatic heterocycles. The third-order valence-electron chi connectivity index (χ3n) is 1.63. The summed E-state index contributed by atoms with van der Waals surface area (Å²) in [5.41, 5.74) is 0.326. The summed E-state index contributed by atoms with van der Waals surface area (Å²) in [5.74, 6) is 1.73. The lowest BCUT2D eigenvalue weighted by atomic mass is 10.3. The zero-order valence-corrected chi connectivity index (χ0v) is 6.80. The maximum absolute atomic E-state index is 10.2. The Morgan fingerprint density at radius 1 is 1.42 bits per heavy atom. The van der Waals surface area contributed by atoms with Crippen molar-refractivity contribution in [3.63, 3.8) is 0 Å². The Balaban J connectivity index is 2.86. The summed E-state index contributed by atoms with van der Waals surface area (Å²) in [6, 6.07) is 5.31. The van der Waals surface area contributed by atoms with Crippen LogP contribution in [0, 0.1) is 0 Å². The first-order valence-electron chi connectivity index (χ1n) is 3.41. The number of hydrogen-bond acceptors (Lipinski definition) is 2. The van der Waals surface area contributed by atoms with Gasteiger partial charge in [0.25, 0.3) is 0 Å². The predicted octanol–water partition coefficient (Wildman–Crippen LogP) is 0.469. The number of carbonyl (C=O) groups excluding carboxylic acids is 1. The van der Waals surface area contributed by atoms with Crippen LogP contribution in [0.1, 0.15) is 0 Å². The molecule has 0 aliphatic carbocycles. The van der Waals surface area contributed by atoms with Crippen LogP contribution in [0.25, 0.3) is 6.08 Å². The topological polar surface area (TPSA) is 29.4 Å². The first-order valence-corrected chi connectivity index (χ1v) is 3.78. The van der Waals surface area contributed by atoms with Gasteiger partial charge in [0.1, 0.15) is 5.70 Å². The monoisotopic (exact) mass is 177 g/mol. The standard InChI is InChI=1S/C9H4ClNO/c10-7-2-1-6-3-8(5-12)11-9(6)4-7/h1-4H. The molecule has 58 valence electrons. The van der Waals surface area contributed by atoms with Crippen LogP contribution in [0.2, 0.25) is 5.02 Å². The van der Waals surface area contributed by atoms with Gasteiger partial charge in [0.15, 0.2) is 5.94 Å². The molecule has 0 bridgehead atoms. The molecule has 0 fully saturated rings. The van der Waals surface area contributed by atoms with E-state index in [1.807, 2.05) is 6.07 Å². The van der Waals surface area contributed by atoms with Gasteiger partial charge in [-0.25, -0.2) is 9.79 Å². The van der Waals surface area contributed by atoms with E-state index in [9.17, 15) is 4.79 Å². The lowest BCUT2D eigenvalue weighted by Gasteiger charge is -1.84. The number of halogens is 1. The van der Waals surface area contributed by atoms with E-state index in [4.69, 9.17) is 11.6 Å². The molecule has 1 aromatic carbocycles. The second kappa shape index (κ2) is 2.59. The van der Waals surface area contributed by atoms with Crippen LogP contribution in [0.3, 0.4) is 0 Å². The quantitative estimate of drug-likeness (QED) is 0.530. The van der Waals surface area contributed by atoms with Crippen molar-refractivity contribution in [1.29, 1.82) is 0 Å². The summed E-state index contributed by atoms with van der Waals surface area (Å²) in [7, 11) is 0. The van der Waals surface area contributed by atoms with Gasteiger partial charge in [0.2, 0.25) is 0 Å². The fourth-order valence-electron chi connectivity index (χ4n) is 1.10. The van der Waals surface area contributed by atoms with Gasteiger partial charge in [-0.05, 0) is 18.2 Å². The van der Waals surface area contributed by atoms with Crippen LogP contribution in [0.15, 0.2) is 28.9 Å². The molecule has 1 aliphatic heterocycles. The molecular weight excluding hydrogens is 174 g/mol. The number of allylic oxidation sites excluding steroid dienone is 1. The Kier molecular flexibility index (Phi) is 1.58. The zero-order chi connectivity index (χ0) is 8.55. The van der Waals surface area contributed by atoms with E-state index in [2.05, 4.69) is 4.99 Å². The van der Waals surface area contributed by atoms with Gasteiger partial charge < -0.3 is 0 Å². The summed E-state index contributed by atoms with van der Waals surface area (Å²) in [5, 5.41) is 2.27. The van der Waals surface area contributed by atoms with Crippen molar-refractivity contribution in [2.24, 2.45) is 4.99 Å². The Morgan fingerprint density at radius 2 is 2.25 bits per heavy atom. The highest BCUT2D eigenvalue weighted by Crippen LogP contribution is 2.02. The molecule has 0 atom stereocenters. The van der Waals surface area contributed by atoms with Crippen LogP contribution in [0.4, 0.5) is 0 Å². The minimum Gasteiger partial charge on any atom is -0.236 e. The molecule has 1 heterocycles. The summed E-state index contributed by atoms with van der Waals surface area (Å²) in [4.78, 5) is 14.2. The summed E-state index contributed by atoms with van der Waals surface area (Å²) in [6.07, 6.45) is 1.68. The highest BCUT2D eigenvalue weighted by Gasteiger charge is 2.00. The van der Waals surface area contributed by atoms with Gasteiger partial charge in [0.05, 0.1) is 5.36 Å². The molecule has 0 saturated carbocycles. The summed E-state index contributed by atoms with van der Waals surface area (Å²) in [6.45, 7) is 0. The van der Waals surface area contributed by atoms with Gasteiger partial charge in [0, 0.05) is 10.2 Å². The fourth-order valence-corrected chi connectivity index (χ4v) is 1.26. The average Bonchev–Trinajstić information content (AvgIpc) is 2.46. The Hall–Kier alpha value is -1.37.